The number of benzene rings is 2. The van der Waals surface area contributed by atoms with Crippen LogP contribution in [0.3, 0.4) is 0 Å². The van der Waals surface area contributed by atoms with Gasteiger partial charge >= 0.3 is 5.97 Å². The van der Waals surface area contributed by atoms with Crippen LogP contribution in [-0.2, 0) is 22.5 Å². The van der Waals surface area contributed by atoms with Crippen LogP contribution in [0.2, 0.25) is 0 Å². The molecule has 2 aromatic rings. The third kappa shape index (κ3) is 7.30. The van der Waals surface area contributed by atoms with Gasteiger partial charge in [-0.3, -0.25) is 9.69 Å². The summed E-state index contributed by atoms with van der Waals surface area (Å²) in [5, 5.41) is 3.61. The Labute approximate surface area is 175 Å². The molecule has 0 bridgehead atoms. The van der Waals surface area contributed by atoms with E-state index in [1.165, 1.54) is 5.56 Å². The molecule has 156 valence electrons. The molecule has 0 unspecified atom stereocenters. The van der Waals surface area contributed by atoms with E-state index in [-0.39, 0.29) is 12.0 Å². The number of nitrogens with one attached hydrogen (secondary N) is 1. The van der Waals surface area contributed by atoms with E-state index >= 15 is 0 Å². The summed E-state index contributed by atoms with van der Waals surface area (Å²) < 4.78 is 5.70. The first-order chi connectivity index (χ1) is 13.9. The molecule has 1 atom stereocenters. The number of nitrogens with zero attached hydrogens (tertiary/aromatic N) is 1. The maximum Gasteiger partial charge on any atom is 0.324 e. The molecule has 0 saturated carbocycles. The highest BCUT2D eigenvalue weighted by Crippen LogP contribution is 2.17. The molecule has 1 saturated heterocycles. The highest BCUT2D eigenvalue weighted by molar-refractivity contribution is 5.76. The molecule has 1 aliphatic heterocycles. The zero-order valence-electron chi connectivity index (χ0n) is 17.9. The average Bonchev–Trinajstić information content (AvgIpc) is 2.69. The fraction of sp³-hybridized carbons (Fsp3) is 0.480. The van der Waals surface area contributed by atoms with Gasteiger partial charge in [-0.15, -0.1) is 0 Å². The Hall–Kier alpha value is -2.17. The minimum atomic E-state index is -0.479. The molecule has 0 aromatic heterocycles. The van der Waals surface area contributed by atoms with Crippen LogP contribution in [0.1, 0.15) is 44.7 Å². The van der Waals surface area contributed by atoms with Gasteiger partial charge in [0.25, 0.3) is 0 Å². The second-order valence-corrected chi connectivity index (χ2v) is 8.98. The molecule has 1 heterocycles. The Morgan fingerprint density at radius 3 is 2.10 bits per heavy atom. The molecule has 3 rings (SSSR count). The van der Waals surface area contributed by atoms with E-state index < -0.39 is 5.60 Å². The third-order valence-electron chi connectivity index (χ3n) is 5.25. The van der Waals surface area contributed by atoms with E-state index in [1.807, 2.05) is 39.0 Å². The monoisotopic (exact) mass is 394 g/mol. The first-order valence-electron chi connectivity index (χ1n) is 10.7. The lowest BCUT2D eigenvalue weighted by molar-refractivity contribution is -0.157. The number of likely N-dealkylation sites (tertiary alicyclic amines) is 1. The molecule has 4 nitrogen and oxygen atoms in total. The SMILES string of the molecule is CC(C)(C)OC(=O)[C@H](Cc1ccccc1)NC1CCN(Cc2ccccc2)CC1. The molecule has 2 aromatic carbocycles. The quantitative estimate of drug-likeness (QED) is 0.715. The van der Waals surface area contributed by atoms with Gasteiger partial charge in [0.2, 0.25) is 0 Å². The first-order valence-corrected chi connectivity index (χ1v) is 10.7. The van der Waals surface area contributed by atoms with Crippen molar-refractivity contribution in [1.29, 1.82) is 0 Å². The summed E-state index contributed by atoms with van der Waals surface area (Å²) in [6.45, 7) is 8.84. The fourth-order valence-corrected chi connectivity index (χ4v) is 3.82. The van der Waals surface area contributed by atoms with Gasteiger partial charge in [-0.05, 0) is 64.3 Å². The lowest BCUT2D eigenvalue weighted by Gasteiger charge is -2.34. The van der Waals surface area contributed by atoms with Gasteiger partial charge in [0.05, 0.1) is 0 Å². The molecular weight excluding hydrogens is 360 g/mol. The molecular formula is C25H34N2O2. The van der Waals surface area contributed by atoms with Gasteiger partial charge in [-0.1, -0.05) is 60.7 Å². The van der Waals surface area contributed by atoms with Gasteiger partial charge in [0.1, 0.15) is 11.6 Å². The number of carbonyl (C=O) groups is 1. The van der Waals surface area contributed by atoms with Crippen LogP contribution in [-0.4, -0.2) is 41.6 Å². The van der Waals surface area contributed by atoms with Crippen molar-refractivity contribution in [2.24, 2.45) is 0 Å². The van der Waals surface area contributed by atoms with Gasteiger partial charge in [-0.2, -0.15) is 0 Å². The maximum atomic E-state index is 12.8. The van der Waals surface area contributed by atoms with Gasteiger partial charge in [0.15, 0.2) is 0 Å². The molecule has 29 heavy (non-hydrogen) atoms. The second-order valence-electron chi connectivity index (χ2n) is 8.98. The second kappa shape index (κ2) is 10.0. The molecule has 0 amide bonds. The Morgan fingerprint density at radius 1 is 1.00 bits per heavy atom. The molecule has 1 aliphatic rings. The Morgan fingerprint density at radius 2 is 1.55 bits per heavy atom. The van der Waals surface area contributed by atoms with E-state index in [0.29, 0.717) is 12.5 Å². The van der Waals surface area contributed by atoms with Crippen LogP contribution in [0.15, 0.2) is 60.7 Å². The van der Waals surface area contributed by atoms with Crippen molar-refractivity contribution >= 4 is 5.97 Å². The minimum Gasteiger partial charge on any atom is -0.459 e. The first kappa shape index (κ1) is 21.5. The number of rotatable bonds is 7. The Kier molecular flexibility index (Phi) is 7.45. The summed E-state index contributed by atoms with van der Waals surface area (Å²) in [5.41, 5.74) is 2.03. The van der Waals surface area contributed by atoms with Crippen molar-refractivity contribution in [3.8, 4) is 0 Å². The highest BCUT2D eigenvalue weighted by atomic mass is 16.6. The maximum absolute atomic E-state index is 12.8. The van der Waals surface area contributed by atoms with Crippen molar-refractivity contribution in [3.05, 3.63) is 71.8 Å². The third-order valence-corrected chi connectivity index (χ3v) is 5.25. The standard InChI is InChI=1S/C25H34N2O2/c1-25(2,3)29-24(28)23(18-20-10-6-4-7-11-20)26-22-14-16-27(17-15-22)19-21-12-8-5-9-13-21/h4-13,22-23,26H,14-19H2,1-3H3/t23-/m0/s1. The lowest BCUT2D eigenvalue weighted by atomic mass is 10.00. The largest absolute Gasteiger partial charge is 0.459 e. The van der Waals surface area contributed by atoms with Gasteiger partial charge in [-0.25, -0.2) is 0 Å². The molecule has 1 N–H and O–H groups in total. The van der Waals surface area contributed by atoms with Crippen molar-refractivity contribution in [3.63, 3.8) is 0 Å². The van der Waals surface area contributed by atoms with Crippen molar-refractivity contribution in [2.75, 3.05) is 13.1 Å². The smallest absolute Gasteiger partial charge is 0.324 e. The lowest BCUT2D eigenvalue weighted by Crippen LogP contribution is -2.50. The normalized spacial score (nSPS) is 17.1. The zero-order valence-corrected chi connectivity index (χ0v) is 17.9. The summed E-state index contributed by atoms with van der Waals surface area (Å²) in [7, 11) is 0. The number of hydrogen-bond acceptors (Lipinski definition) is 4. The molecule has 0 spiro atoms. The van der Waals surface area contributed by atoms with E-state index in [0.717, 1.165) is 38.0 Å². The summed E-state index contributed by atoms with van der Waals surface area (Å²) in [5.74, 6) is -0.159. The van der Waals surface area contributed by atoms with Crippen molar-refractivity contribution in [2.45, 2.75) is 64.3 Å². The minimum absolute atomic E-state index is 0.159. The van der Waals surface area contributed by atoms with Gasteiger partial charge < -0.3 is 10.1 Å². The zero-order chi connectivity index (χ0) is 20.7. The van der Waals surface area contributed by atoms with E-state index in [9.17, 15) is 4.79 Å². The molecule has 0 radical (unpaired) electrons. The predicted molar refractivity (Wildman–Crippen MR) is 118 cm³/mol. The Balaban J connectivity index is 1.57. The Bertz CT molecular complexity index is 747. The summed E-state index contributed by atoms with van der Waals surface area (Å²) in [6.07, 6.45) is 2.74. The predicted octanol–water partition coefficient (Wildman–Crippen LogP) is 4.19. The highest BCUT2D eigenvalue weighted by Gasteiger charge is 2.29. The van der Waals surface area contributed by atoms with E-state index in [2.05, 4.69) is 52.7 Å². The number of carbonyl (C=O) groups excluding carboxylic acids is 1. The topological polar surface area (TPSA) is 41.6 Å². The van der Waals surface area contributed by atoms with E-state index in [1.54, 1.807) is 0 Å². The molecule has 1 fully saturated rings. The summed E-state index contributed by atoms with van der Waals surface area (Å²) in [6, 6.07) is 20.8. The molecule has 0 aliphatic carbocycles. The summed E-state index contributed by atoms with van der Waals surface area (Å²) in [4.78, 5) is 15.3. The van der Waals surface area contributed by atoms with Crippen LogP contribution in [0.5, 0.6) is 0 Å². The van der Waals surface area contributed by atoms with Crippen molar-refractivity contribution < 1.29 is 9.53 Å². The van der Waals surface area contributed by atoms with E-state index in [4.69, 9.17) is 4.74 Å². The van der Waals surface area contributed by atoms with Crippen LogP contribution < -0.4 is 5.32 Å². The molecule has 4 heteroatoms. The van der Waals surface area contributed by atoms with Crippen molar-refractivity contribution in [1.82, 2.24) is 10.2 Å². The van der Waals surface area contributed by atoms with Gasteiger partial charge in [0, 0.05) is 12.6 Å². The average molecular weight is 395 g/mol. The van der Waals surface area contributed by atoms with Crippen LogP contribution >= 0.6 is 0 Å². The van der Waals surface area contributed by atoms with Crippen LogP contribution in [0.25, 0.3) is 0 Å². The number of ether oxygens (including phenoxy) is 1. The van der Waals surface area contributed by atoms with Crippen LogP contribution in [0.4, 0.5) is 0 Å². The summed E-state index contributed by atoms with van der Waals surface area (Å²) >= 11 is 0. The number of esters is 1. The number of piperidine rings is 1. The van der Waals surface area contributed by atoms with Crippen LogP contribution in [0, 0.1) is 0 Å². The number of hydrogen-bond donors (Lipinski definition) is 1. The fourth-order valence-electron chi connectivity index (χ4n) is 3.82.